The highest BCUT2D eigenvalue weighted by molar-refractivity contribution is 6.30. The van der Waals surface area contributed by atoms with Crippen LogP contribution in [0.3, 0.4) is 0 Å². The van der Waals surface area contributed by atoms with Crippen LogP contribution < -0.4 is 5.32 Å². The van der Waals surface area contributed by atoms with Crippen molar-refractivity contribution in [3.63, 3.8) is 0 Å². The zero-order valence-corrected chi connectivity index (χ0v) is 8.75. The van der Waals surface area contributed by atoms with Gasteiger partial charge in [-0.25, -0.2) is 4.39 Å². The third-order valence-electron chi connectivity index (χ3n) is 1.94. The van der Waals surface area contributed by atoms with Crippen LogP contribution in [-0.4, -0.2) is 16.1 Å². The van der Waals surface area contributed by atoms with Crippen LogP contribution in [0.25, 0.3) is 0 Å². The van der Waals surface area contributed by atoms with E-state index in [1.54, 1.807) is 0 Å². The van der Waals surface area contributed by atoms with E-state index in [-0.39, 0.29) is 10.9 Å². The molecule has 0 aliphatic rings. The van der Waals surface area contributed by atoms with Crippen LogP contribution in [0.2, 0.25) is 5.02 Å². The van der Waals surface area contributed by atoms with Gasteiger partial charge in [0.2, 0.25) is 0 Å². The predicted octanol–water partition coefficient (Wildman–Crippen LogP) is 2.45. The molecule has 0 bridgehead atoms. The SMILES string of the molecule is O=C(Nc1ccc(Cl)c(F)c1)c1cn[nH]c1. The zero-order valence-electron chi connectivity index (χ0n) is 8.00. The summed E-state index contributed by atoms with van der Waals surface area (Å²) < 4.78 is 13.1. The van der Waals surface area contributed by atoms with Crippen molar-refractivity contribution in [1.29, 1.82) is 0 Å². The van der Waals surface area contributed by atoms with Crippen LogP contribution in [0, 0.1) is 5.82 Å². The lowest BCUT2D eigenvalue weighted by atomic mass is 10.3. The third-order valence-corrected chi connectivity index (χ3v) is 2.24. The van der Waals surface area contributed by atoms with Gasteiger partial charge in [0.05, 0.1) is 16.8 Å². The van der Waals surface area contributed by atoms with Gasteiger partial charge in [-0.15, -0.1) is 0 Å². The maximum absolute atomic E-state index is 13.1. The van der Waals surface area contributed by atoms with Gasteiger partial charge in [-0.05, 0) is 18.2 Å². The molecule has 0 fully saturated rings. The molecule has 0 saturated carbocycles. The molecule has 0 aliphatic carbocycles. The highest BCUT2D eigenvalue weighted by Crippen LogP contribution is 2.19. The largest absolute Gasteiger partial charge is 0.322 e. The number of amides is 1. The molecule has 16 heavy (non-hydrogen) atoms. The number of halogens is 2. The Bertz CT molecular complexity index is 513. The summed E-state index contributed by atoms with van der Waals surface area (Å²) in [5.74, 6) is -0.942. The van der Waals surface area contributed by atoms with E-state index in [1.165, 1.54) is 24.5 Å². The van der Waals surface area contributed by atoms with Crippen molar-refractivity contribution in [1.82, 2.24) is 10.2 Å². The molecular weight excluding hydrogens is 233 g/mol. The number of anilines is 1. The number of aromatic amines is 1. The molecule has 0 saturated heterocycles. The van der Waals surface area contributed by atoms with Crippen LogP contribution in [0.15, 0.2) is 30.6 Å². The first-order valence-corrected chi connectivity index (χ1v) is 4.80. The van der Waals surface area contributed by atoms with Crippen LogP contribution in [0.5, 0.6) is 0 Å². The molecule has 1 aromatic heterocycles. The van der Waals surface area contributed by atoms with Crippen molar-refractivity contribution < 1.29 is 9.18 Å². The molecule has 0 radical (unpaired) electrons. The first-order chi connectivity index (χ1) is 7.66. The summed E-state index contributed by atoms with van der Waals surface area (Å²) in [4.78, 5) is 11.5. The smallest absolute Gasteiger partial charge is 0.258 e. The number of rotatable bonds is 2. The molecular formula is C10H7ClFN3O. The molecule has 6 heteroatoms. The van der Waals surface area contributed by atoms with E-state index in [9.17, 15) is 9.18 Å². The van der Waals surface area contributed by atoms with Crippen molar-refractivity contribution >= 4 is 23.2 Å². The van der Waals surface area contributed by atoms with E-state index in [0.29, 0.717) is 11.3 Å². The number of nitrogens with zero attached hydrogens (tertiary/aromatic N) is 1. The number of benzene rings is 1. The summed E-state index contributed by atoms with van der Waals surface area (Å²) in [6.07, 6.45) is 2.82. The Morgan fingerprint density at radius 2 is 2.31 bits per heavy atom. The normalized spacial score (nSPS) is 10.1. The molecule has 2 aromatic rings. The molecule has 0 unspecified atom stereocenters. The highest BCUT2D eigenvalue weighted by atomic mass is 35.5. The lowest BCUT2D eigenvalue weighted by molar-refractivity contribution is 0.102. The van der Waals surface area contributed by atoms with Crippen molar-refractivity contribution in [2.45, 2.75) is 0 Å². The summed E-state index contributed by atoms with van der Waals surface area (Å²) >= 11 is 5.51. The maximum atomic E-state index is 13.1. The first kappa shape index (κ1) is 10.6. The zero-order chi connectivity index (χ0) is 11.5. The Labute approximate surface area is 95.4 Å². The Morgan fingerprint density at radius 1 is 1.50 bits per heavy atom. The fraction of sp³-hybridized carbons (Fsp3) is 0. The molecule has 4 nitrogen and oxygen atoms in total. The van der Waals surface area contributed by atoms with E-state index >= 15 is 0 Å². The molecule has 2 N–H and O–H groups in total. The van der Waals surface area contributed by atoms with Crippen LogP contribution in [0.4, 0.5) is 10.1 Å². The predicted molar refractivity (Wildman–Crippen MR) is 58.0 cm³/mol. The highest BCUT2D eigenvalue weighted by Gasteiger charge is 2.08. The van der Waals surface area contributed by atoms with Gasteiger partial charge in [0, 0.05) is 11.9 Å². The van der Waals surface area contributed by atoms with Gasteiger partial charge in [0.1, 0.15) is 5.82 Å². The number of aromatic nitrogens is 2. The average molecular weight is 240 g/mol. The van der Waals surface area contributed by atoms with Crippen molar-refractivity contribution in [3.8, 4) is 0 Å². The van der Waals surface area contributed by atoms with E-state index in [2.05, 4.69) is 15.5 Å². The minimum absolute atomic E-state index is 0.0151. The molecule has 0 atom stereocenters. The monoisotopic (exact) mass is 239 g/mol. The summed E-state index contributed by atoms with van der Waals surface area (Å²) in [6.45, 7) is 0. The van der Waals surface area contributed by atoms with Gasteiger partial charge in [-0.2, -0.15) is 5.10 Å². The second kappa shape index (κ2) is 4.32. The molecule has 0 aliphatic heterocycles. The van der Waals surface area contributed by atoms with Crippen LogP contribution in [0.1, 0.15) is 10.4 Å². The third kappa shape index (κ3) is 2.20. The summed E-state index contributed by atoms with van der Waals surface area (Å²) in [6, 6.07) is 4.05. The molecule has 1 amide bonds. The Kier molecular flexibility index (Phi) is 2.87. The Balaban J connectivity index is 2.15. The van der Waals surface area contributed by atoms with E-state index in [1.807, 2.05) is 0 Å². The number of hydrogen-bond acceptors (Lipinski definition) is 2. The van der Waals surface area contributed by atoms with E-state index < -0.39 is 5.82 Å². The number of carbonyl (C=O) groups is 1. The summed E-state index contributed by atoms with van der Waals surface area (Å²) in [5, 5.41) is 8.68. The minimum Gasteiger partial charge on any atom is -0.322 e. The van der Waals surface area contributed by atoms with Gasteiger partial charge in [0.15, 0.2) is 0 Å². The van der Waals surface area contributed by atoms with Crippen molar-refractivity contribution in [3.05, 3.63) is 47.0 Å². The van der Waals surface area contributed by atoms with Crippen molar-refractivity contribution in [2.24, 2.45) is 0 Å². The van der Waals surface area contributed by atoms with Gasteiger partial charge in [-0.1, -0.05) is 11.6 Å². The fourth-order valence-electron chi connectivity index (χ4n) is 1.15. The molecule has 2 rings (SSSR count). The molecule has 0 spiro atoms. The number of H-pyrrole nitrogens is 1. The van der Waals surface area contributed by atoms with Crippen LogP contribution >= 0.6 is 11.6 Å². The summed E-state index contributed by atoms with van der Waals surface area (Å²) in [5.41, 5.74) is 0.712. The number of hydrogen-bond donors (Lipinski definition) is 2. The standard InChI is InChI=1S/C10H7ClFN3O/c11-8-2-1-7(3-9(8)12)15-10(16)6-4-13-14-5-6/h1-5H,(H,13,14)(H,15,16). The van der Waals surface area contributed by atoms with Gasteiger partial charge >= 0.3 is 0 Å². The first-order valence-electron chi connectivity index (χ1n) is 4.42. The maximum Gasteiger partial charge on any atom is 0.258 e. The lowest BCUT2D eigenvalue weighted by Crippen LogP contribution is -2.10. The minimum atomic E-state index is -0.577. The fourth-order valence-corrected chi connectivity index (χ4v) is 1.27. The second-order valence-electron chi connectivity index (χ2n) is 3.07. The van der Waals surface area contributed by atoms with Gasteiger partial charge < -0.3 is 5.32 Å². The molecule has 1 heterocycles. The molecule has 82 valence electrons. The van der Waals surface area contributed by atoms with Crippen molar-refractivity contribution in [2.75, 3.05) is 5.32 Å². The Hall–Kier alpha value is -1.88. The molecule has 1 aromatic carbocycles. The van der Waals surface area contributed by atoms with Gasteiger partial charge in [-0.3, -0.25) is 9.89 Å². The Morgan fingerprint density at radius 3 is 2.94 bits per heavy atom. The number of nitrogens with one attached hydrogen (secondary N) is 2. The second-order valence-corrected chi connectivity index (χ2v) is 3.48. The van der Waals surface area contributed by atoms with Crippen LogP contribution in [-0.2, 0) is 0 Å². The average Bonchev–Trinajstić information content (AvgIpc) is 2.77. The van der Waals surface area contributed by atoms with Gasteiger partial charge in [0.25, 0.3) is 5.91 Å². The van der Waals surface area contributed by atoms with E-state index in [0.717, 1.165) is 6.07 Å². The topological polar surface area (TPSA) is 57.8 Å². The summed E-state index contributed by atoms with van der Waals surface area (Å²) in [7, 11) is 0. The quantitative estimate of drug-likeness (QED) is 0.846. The van der Waals surface area contributed by atoms with E-state index in [4.69, 9.17) is 11.6 Å². The lowest BCUT2D eigenvalue weighted by Gasteiger charge is -2.03. The number of carbonyl (C=O) groups excluding carboxylic acids is 1.